The molecule has 0 aliphatic carbocycles. The number of rotatable bonds is 4. The van der Waals surface area contributed by atoms with Gasteiger partial charge in [-0.05, 0) is 23.8 Å². The fraction of sp³-hybridized carbons (Fsp3) is 0.192. The largest absolute Gasteiger partial charge is 0.508 e. The van der Waals surface area contributed by atoms with Gasteiger partial charge in [-0.1, -0.05) is 30.3 Å². The average molecular weight is 444 g/mol. The van der Waals surface area contributed by atoms with Gasteiger partial charge in [0.1, 0.15) is 28.2 Å². The highest BCUT2D eigenvalue weighted by atomic mass is 16.3. The van der Waals surface area contributed by atoms with Gasteiger partial charge < -0.3 is 25.3 Å². The minimum atomic E-state index is -0.388. The number of nitrogens with two attached hydrogens (primary N) is 1. The first kappa shape index (κ1) is 20.9. The van der Waals surface area contributed by atoms with Crippen molar-refractivity contribution in [1.29, 1.82) is 0 Å². The highest BCUT2D eigenvalue weighted by Gasteiger charge is 2.20. The molecule has 0 atom stereocenters. The van der Waals surface area contributed by atoms with Crippen LogP contribution < -0.4 is 16.1 Å². The number of aromatic hydroxyl groups is 2. The van der Waals surface area contributed by atoms with Gasteiger partial charge in [-0.2, -0.15) is 0 Å². The van der Waals surface area contributed by atoms with E-state index < -0.39 is 0 Å². The second-order valence-electron chi connectivity index (χ2n) is 8.34. The van der Waals surface area contributed by atoms with Crippen molar-refractivity contribution in [2.24, 2.45) is 0 Å². The first-order valence-electron chi connectivity index (χ1n) is 10.9. The first-order valence-corrected chi connectivity index (χ1v) is 10.9. The zero-order valence-electron chi connectivity index (χ0n) is 18.1. The highest BCUT2D eigenvalue weighted by Crippen LogP contribution is 2.33. The lowest BCUT2D eigenvalue weighted by molar-refractivity contribution is 0.250. The van der Waals surface area contributed by atoms with Crippen LogP contribution in [-0.2, 0) is 6.54 Å². The molecule has 3 aromatic carbocycles. The molecule has 4 N–H and O–H groups in total. The molecule has 168 valence electrons. The Labute approximate surface area is 190 Å². The number of piperazine rings is 1. The summed E-state index contributed by atoms with van der Waals surface area (Å²) in [5.74, 6) is -0.170. The molecule has 33 heavy (non-hydrogen) atoms. The maximum atomic E-state index is 12.5. The number of hydrogen-bond donors (Lipinski definition) is 3. The molecular formula is C26H25N3O4. The summed E-state index contributed by atoms with van der Waals surface area (Å²) in [6.07, 6.45) is 0. The van der Waals surface area contributed by atoms with Crippen LogP contribution in [0.4, 0.5) is 11.4 Å². The molecule has 1 saturated heterocycles. The summed E-state index contributed by atoms with van der Waals surface area (Å²) in [6.45, 7) is 4.58. The molecular weight excluding hydrogens is 418 g/mol. The van der Waals surface area contributed by atoms with Crippen molar-refractivity contribution < 1.29 is 14.6 Å². The van der Waals surface area contributed by atoms with Gasteiger partial charge in [-0.25, -0.2) is 0 Å². The predicted octanol–water partition coefficient (Wildman–Crippen LogP) is 3.78. The molecule has 0 amide bonds. The van der Waals surface area contributed by atoms with Gasteiger partial charge in [0, 0.05) is 56.5 Å². The maximum Gasteiger partial charge on any atom is 0.197 e. The Hall–Kier alpha value is -3.97. The third kappa shape index (κ3) is 4.23. The van der Waals surface area contributed by atoms with Crippen LogP contribution >= 0.6 is 0 Å². The summed E-state index contributed by atoms with van der Waals surface area (Å²) in [5.41, 5.74) is 9.65. The second kappa shape index (κ2) is 8.52. The van der Waals surface area contributed by atoms with Crippen molar-refractivity contribution in [2.75, 3.05) is 36.8 Å². The lowest BCUT2D eigenvalue weighted by atomic mass is 10.1. The molecule has 1 aliphatic rings. The minimum absolute atomic E-state index is 0.0366. The first-order chi connectivity index (χ1) is 16.0. The Morgan fingerprint density at radius 1 is 0.909 bits per heavy atom. The minimum Gasteiger partial charge on any atom is -0.508 e. The number of anilines is 2. The van der Waals surface area contributed by atoms with Gasteiger partial charge in [0.15, 0.2) is 5.43 Å². The van der Waals surface area contributed by atoms with Crippen molar-refractivity contribution in [3.8, 4) is 22.8 Å². The molecule has 7 nitrogen and oxygen atoms in total. The van der Waals surface area contributed by atoms with Gasteiger partial charge >= 0.3 is 0 Å². The van der Waals surface area contributed by atoms with E-state index in [4.69, 9.17) is 10.2 Å². The SMILES string of the molecule is Nc1cc(-c2cc(=O)c3c(O)cc(O)cc3o2)ccc1N1CCN(Cc2ccccc2)CC1. The van der Waals surface area contributed by atoms with Crippen LogP contribution in [-0.4, -0.2) is 41.3 Å². The van der Waals surface area contributed by atoms with Gasteiger partial charge in [-0.15, -0.1) is 0 Å². The Morgan fingerprint density at radius 2 is 1.67 bits per heavy atom. The fourth-order valence-corrected chi connectivity index (χ4v) is 4.38. The Morgan fingerprint density at radius 3 is 2.39 bits per heavy atom. The topological polar surface area (TPSA) is 103 Å². The van der Waals surface area contributed by atoms with E-state index in [2.05, 4.69) is 34.1 Å². The average Bonchev–Trinajstić information content (AvgIpc) is 2.79. The van der Waals surface area contributed by atoms with Crippen LogP contribution in [0.15, 0.2) is 75.9 Å². The molecule has 1 aromatic heterocycles. The molecule has 0 radical (unpaired) electrons. The van der Waals surface area contributed by atoms with Gasteiger partial charge in [-0.3, -0.25) is 9.69 Å². The third-order valence-corrected chi connectivity index (χ3v) is 6.07. The van der Waals surface area contributed by atoms with E-state index in [0.717, 1.165) is 44.5 Å². The molecule has 2 heterocycles. The monoisotopic (exact) mass is 443 g/mol. The molecule has 0 spiro atoms. The molecule has 0 bridgehead atoms. The summed E-state index contributed by atoms with van der Waals surface area (Å²) >= 11 is 0. The van der Waals surface area contributed by atoms with Crippen molar-refractivity contribution in [3.05, 3.63) is 82.5 Å². The van der Waals surface area contributed by atoms with E-state index in [-0.39, 0.29) is 27.9 Å². The van der Waals surface area contributed by atoms with E-state index in [1.807, 2.05) is 18.2 Å². The molecule has 1 fully saturated rings. The molecule has 0 unspecified atom stereocenters. The van der Waals surface area contributed by atoms with Crippen LogP contribution in [0.25, 0.3) is 22.3 Å². The zero-order chi connectivity index (χ0) is 22.9. The fourth-order valence-electron chi connectivity index (χ4n) is 4.38. The van der Waals surface area contributed by atoms with Crippen molar-refractivity contribution >= 4 is 22.3 Å². The zero-order valence-corrected chi connectivity index (χ0v) is 18.1. The van der Waals surface area contributed by atoms with E-state index in [9.17, 15) is 15.0 Å². The van der Waals surface area contributed by atoms with Crippen LogP contribution in [0.1, 0.15) is 5.56 Å². The van der Waals surface area contributed by atoms with Crippen LogP contribution in [0, 0.1) is 0 Å². The van der Waals surface area contributed by atoms with E-state index in [1.165, 1.54) is 17.7 Å². The molecule has 7 heteroatoms. The Bertz CT molecular complexity index is 1360. The number of phenols is 2. The normalized spacial score (nSPS) is 14.6. The number of phenolic OH excluding ortho intramolecular Hbond substituents is 2. The standard InChI is InChI=1S/C26H25N3O4/c27-20-12-18(24-15-23(32)26-22(31)13-19(30)14-25(26)33-24)6-7-21(20)29-10-8-28(9-11-29)16-17-4-2-1-3-5-17/h1-7,12-15,30-31H,8-11,16,27H2. The van der Waals surface area contributed by atoms with E-state index >= 15 is 0 Å². The van der Waals surface area contributed by atoms with E-state index in [1.54, 1.807) is 6.07 Å². The maximum absolute atomic E-state index is 12.5. The summed E-state index contributed by atoms with van der Waals surface area (Å²) in [4.78, 5) is 17.2. The second-order valence-corrected chi connectivity index (χ2v) is 8.34. The van der Waals surface area contributed by atoms with Crippen LogP contribution in [0.2, 0.25) is 0 Å². The van der Waals surface area contributed by atoms with Crippen molar-refractivity contribution in [3.63, 3.8) is 0 Å². The smallest absolute Gasteiger partial charge is 0.197 e. The lowest BCUT2D eigenvalue weighted by Crippen LogP contribution is -2.46. The quantitative estimate of drug-likeness (QED) is 0.413. The van der Waals surface area contributed by atoms with Crippen LogP contribution in [0.5, 0.6) is 11.5 Å². The number of fused-ring (bicyclic) bond motifs is 1. The Kier molecular flexibility index (Phi) is 5.40. The van der Waals surface area contributed by atoms with E-state index in [0.29, 0.717) is 17.0 Å². The third-order valence-electron chi connectivity index (χ3n) is 6.07. The number of nitrogen functional groups attached to an aromatic ring is 1. The predicted molar refractivity (Wildman–Crippen MR) is 130 cm³/mol. The summed E-state index contributed by atoms with van der Waals surface area (Å²) in [6, 6.07) is 19.8. The molecule has 0 saturated carbocycles. The molecule has 5 rings (SSSR count). The molecule has 1 aliphatic heterocycles. The van der Waals surface area contributed by atoms with Crippen molar-refractivity contribution in [2.45, 2.75) is 6.54 Å². The van der Waals surface area contributed by atoms with Gasteiger partial charge in [0.25, 0.3) is 0 Å². The highest BCUT2D eigenvalue weighted by molar-refractivity contribution is 5.86. The number of benzene rings is 3. The number of hydrogen-bond acceptors (Lipinski definition) is 7. The Balaban J connectivity index is 1.35. The summed E-state index contributed by atoms with van der Waals surface area (Å²) in [5, 5.41) is 19.7. The molecule has 4 aromatic rings. The number of nitrogens with zero attached hydrogens (tertiary/aromatic N) is 2. The summed E-state index contributed by atoms with van der Waals surface area (Å²) in [7, 11) is 0. The van der Waals surface area contributed by atoms with Gasteiger partial charge in [0.2, 0.25) is 0 Å². The van der Waals surface area contributed by atoms with Crippen LogP contribution in [0.3, 0.4) is 0 Å². The summed E-state index contributed by atoms with van der Waals surface area (Å²) < 4.78 is 5.81. The lowest BCUT2D eigenvalue weighted by Gasteiger charge is -2.36. The van der Waals surface area contributed by atoms with Crippen molar-refractivity contribution in [1.82, 2.24) is 4.90 Å². The van der Waals surface area contributed by atoms with Gasteiger partial charge in [0.05, 0.1) is 11.4 Å².